The van der Waals surface area contributed by atoms with Crippen LogP contribution < -0.4 is 5.73 Å². The van der Waals surface area contributed by atoms with Gasteiger partial charge in [0, 0.05) is 0 Å². The molecule has 0 unspecified atom stereocenters. The SMILES string of the molecule is N=C(OC(N)=O)OC(=O)OC(=O)O. The van der Waals surface area contributed by atoms with Gasteiger partial charge in [-0.05, 0) is 0 Å². The van der Waals surface area contributed by atoms with Crippen LogP contribution in [0, 0.1) is 5.41 Å². The molecule has 9 heteroatoms. The summed E-state index contributed by atoms with van der Waals surface area (Å²) in [4.78, 5) is 29.9. The van der Waals surface area contributed by atoms with Crippen LogP contribution in [0.4, 0.5) is 14.4 Å². The van der Waals surface area contributed by atoms with Gasteiger partial charge in [0.1, 0.15) is 0 Å². The Morgan fingerprint density at radius 2 is 1.69 bits per heavy atom. The van der Waals surface area contributed by atoms with Crippen molar-refractivity contribution in [3.8, 4) is 0 Å². The van der Waals surface area contributed by atoms with Crippen molar-refractivity contribution in [3.63, 3.8) is 0 Å². The van der Waals surface area contributed by atoms with Crippen LogP contribution in [0.5, 0.6) is 0 Å². The second kappa shape index (κ2) is 4.54. The molecule has 72 valence electrons. The fourth-order valence-corrected chi connectivity index (χ4v) is 0.280. The minimum absolute atomic E-state index is 1.28. The summed E-state index contributed by atoms with van der Waals surface area (Å²) in [5.41, 5.74) is 4.42. The second-order valence-electron chi connectivity index (χ2n) is 1.43. The quantitative estimate of drug-likeness (QED) is 0.209. The van der Waals surface area contributed by atoms with E-state index in [0.717, 1.165) is 0 Å². The van der Waals surface area contributed by atoms with Gasteiger partial charge in [0.25, 0.3) is 0 Å². The third-order valence-electron chi connectivity index (χ3n) is 0.540. The number of carboxylic acid groups (broad SMARTS) is 1. The zero-order chi connectivity index (χ0) is 10.4. The number of carbonyl (C=O) groups is 3. The first-order valence-corrected chi connectivity index (χ1v) is 2.60. The summed E-state index contributed by atoms with van der Waals surface area (Å²) < 4.78 is 10.8. The molecule has 1 amide bonds. The van der Waals surface area contributed by atoms with Gasteiger partial charge >= 0.3 is 24.5 Å². The highest BCUT2D eigenvalue weighted by Crippen LogP contribution is 1.89. The van der Waals surface area contributed by atoms with Gasteiger partial charge in [-0.25, -0.2) is 19.8 Å². The Bertz CT molecular complexity index is 233. The van der Waals surface area contributed by atoms with Crippen LogP contribution in [0.25, 0.3) is 0 Å². The lowest BCUT2D eigenvalue weighted by Crippen LogP contribution is -2.23. The Labute approximate surface area is 70.5 Å². The molecule has 4 N–H and O–H groups in total. The minimum atomic E-state index is -1.92. The van der Waals surface area contributed by atoms with Crippen LogP contribution in [-0.4, -0.2) is 29.6 Å². The van der Waals surface area contributed by atoms with Crippen molar-refractivity contribution in [3.05, 3.63) is 0 Å². The van der Waals surface area contributed by atoms with E-state index >= 15 is 0 Å². The first kappa shape index (κ1) is 10.7. The molecular weight excluding hydrogens is 188 g/mol. The van der Waals surface area contributed by atoms with Gasteiger partial charge in [-0.15, -0.1) is 0 Å². The first-order valence-electron chi connectivity index (χ1n) is 2.60. The Balaban J connectivity index is 3.85. The van der Waals surface area contributed by atoms with Crippen LogP contribution in [0.15, 0.2) is 0 Å². The van der Waals surface area contributed by atoms with E-state index in [-0.39, 0.29) is 0 Å². The zero-order valence-corrected chi connectivity index (χ0v) is 5.97. The standard InChI is InChI=1S/C4H4N2O7/c5-1(7)11-2(6)12-4(10)13-3(8)9/h6H,(H2,5,7)(H,8,9). The number of carbonyl (C=O) groups excluding carboxylic acids is 2. The Kier molecular flexibility index (Phi) is 3.73. The molecule has 13 heavy (non-hydrogen) atoms. The molecule has 0 radical (unpaired) electrons. The van der Waals surface area contributed by atoms with E-state index in [1.54, 1.807) is 0 Å². The van der Waals surface area contributed by atoms with E-state index in [9.17, 15) is 14.4 Å². The number of hydrogen-bond acceptors (Lipinski definition) is 7. The molecule has 0 heterocycles. The van der Waals surface area contributed by atoms with E-state index in [4.69, 9.17) is 10.5 Å². The highest BCUT2D eigenvalue weighted by molar-refractivity contribution is 5.88. The number of hydrogen-bond donors (Lipinski definition) is 3. The van der Waals surface area contributed by atoms with Crippen molar-refractivity contribution < 1.29 is 33.7 Å². The van der Waals surface area contributed by atoms with Gasteiger partial charge in [0.15, 0.2) is 0 Å². The molecule has 0 fully saturated rings. The highest BCUT2D eigenvalue weighted by atomic mass is 16.8. The lowest BCUT2D eigenvalue weighted by atomic mass is 11.1. The molecule has 9 nitrogen and oxygen atoms in total. The van der Waals surface area contributed by atoms with Crippen molar-refractivity contribution in [2.75, 3.05) is 0 Å². The summed E-state index contributed by atoms with van der Waals surface area (Å²) in [5.74, 6) is 0. The largest absolute Gasteiger partial charge is 0.527 e. The maximum absolute atomic E-state index is 10.2. The number of amides is 1. The summed E-state index contributed by atoms with van der Waals surface area (Å²) in [6.07, 6.45) is -6.30. The van der Waals surface area contributed by atoms with Gasteiger partial charge < -0.3 is 25.1 Å². The molecule has 0 saturated carbocycles. The molecule has 0 aliphatic carbocycles. The molecular formula is C4H4N2O7. The smallest absolute Gasteiger partial charge is 0.449 e. The van der Waals surface area contributed by atoms with Gasteiger partial charge in [0.2, 0.25) is 0 Å². The second-order valence-corrected chi connectivity index (χ2v) is 1.43. The number of nitrogens with two attached hydrogens (primary N) is 1. The summed E-state index contributed by atoms with van der Waals surface area (Å²) >= 11 is 0. The molecule has 0 bridgehead atoms. The molecule has 0 aliphatic heterocycles. The van der Waals surface area contributed by atoms with E-state index in [0.29, 0.717) is 0 Å². The monoisotopic (exact) mass is 192 g/mol. The maximum atomic E-state index is 10.2. The molecule has 0 spiro atoms. The third-order valence-corrected chi connectivity index (χ3v) is 0.540. The zero-order valence-electron chi connectivity index (χ0n) is 5.97. The molecule has 0 atom stereocenters. The summed E-state index contributed by atoms with van der Waals surface area (Å²) in [6.45, 7) is 0. The van der Waals surface area contributed by atoms with Crippen molar-refractivity contribution in [2.24, 2.45) is 5.73 Å². The highest BCUT2D eigenvalue weighted by Gasteiger charge is 2.15. The van der Waals surface area contributed by atoms with Gasteiger partial charge in [-0.1, -0.05) is 0 Å². The fraction of sp³-hybridized carbons (Fsp3) is 0. The maximum Gasteiger partial charge on any atom is 0.527 e. The van der Waals surface area contributed by atoms with Gasteiger partial charge in [0.05, 0.1) is 0 Å². The average Bonchev–Trinajstić information content (AvgIpc) is 1.80. The van der Waals surface area contributed by atoms with E-state index in [1.165, 1.54) is 0 Å². The van der Waals surface area contributed by atoms with Crippen LogP contribution in [0.2, 0.25) is 0 Å². The first-order chi connectivity index (χ1) is 5.91. The van der Waals surface area contributed by atoms with Crippen molar-refractivity contribution in [1.82, 2.24) is 0 Å². The molecule has 0 aromatic rings. The van der Waals surface area contributed by atoms with Crippen LogP contribution in [0.3, 0.4) is 0 Å². The van der Waals surface area contributed by atoms with E-state index in [1.807, 2.05) is 0 Å². The lowest BCUT2D eigenvalue weighted by molar-refractivity contribution is 0.0750. The summed E-state index contributed by atoms with van der Waals surface area (Å²) in [6, 6.07) is 0. The van der Waals surface area contributed by atoms with Crippen LogP contribution >= 0.6 is 0 Å². The molecule has 0 rings (SSSR count). The Hall–Kier alpha value is -2.32. The van der Waals surface area contributed by atoms with Crippen LogP contribution in [0.1, 0.15) is 0 Å². The minimum Gasteiger partial charge on any atom is -0.449 e. The Morgan fingerprint density at radius 1 is 1.15 bits per heavy atom. The number of nitrogens with one attached hydrogen (secondary N) is 1. The van der Waals surface area contributed by atoms with E-state index < -0.39 is 24.5 Å². The van der Waals surface area contributed by atoms with Crippen molar-refractivity contribution in [2.45, 2.75) is 0 Å². The van der Waals surface area contributed by atoms with Gasteiger partial charge in [-0.3, -0.25) is 0 Å². The van der Waals surface area contributed by atoms with Crippen LogP contribution in [-0.2, 0) is 14.2 Å². The van der Waals surface area contributed by atoms with Crippen molar-refractivity contribution in [1.29, 1.82) is 5.41 Å². The lowest BCUT2D eigenvalue weighted by Gasteiger charge is -2.00. The average molecular weight is 192 g/mol. The number of ether oxygens (including phenoxy) is 3. The summed E-state index contributed by atoms with van der Waals surface area (Å²) in [5, 5.41) is 14.4. The molecule has 0 aromatic carbocycles. The number of rotatable bonds is 0. The number of primary amides is 1. The topological polar surface area (TPSA) is 149 Å². The normalized spacial score (nSPS) is 8.31. The van der Waals surface area contributed by atoms with Gasteiger partial charge in [-0.2, -0.15) is 0 Å². The van der Waals surface area contributed by atoms with E-state index in [2.05, 4.69) is 19.9 Å². The fourth-order valence-electron chi connectivity index (χ4n) is 0.280. The van der Waals surface area contributed by atoms with Crippen molar-refractivity contribution >= 4 is 24.5 Å². The third kappa shape index (κ3) is 6.09. The summed E-state index contributed by atoms with van der Waals surface area (Å²) in [7, 11) is 0. The predicted octanol–water partition coefficient (Wildman–Crippen LogP) is -0.152. The Morgan fingerprint density at radius 3 is 2.08 bits per heavy atom. The molecule has 0 aliphatic rings. The molecule has 0 saturated heterocycles. The molecule has 0 aromatic heterocycles. The predicted molar refractivity (Wildman–Crippen MR) is 34.0 cm³/mol.